The minimum absolute atomic E-state index is 0.0759. The minimum Gasteiger partial charge on any atom is -0.464 e. The van der Waals surface area contributed by atoms with Gasteiger partial charge in [0.2, 0.25) is 0 Å². The monoisotopic (exact) mass is 351 g/mol. The summed E-state index contributed by atoms with van der Waals surface area (Å²) in [6.07, 6.45) is 3.98. The van der Waals surface area contributed by atoms with Crippen molar-refractivity contribution in [2.24, 2.45) is 5.92 Å². The molecule has 5 nitrogen and oxygen atoms in total. The number of benzene rings is 2. The van der Waals surface area contributed by atoms with Gasteiger partial charge in [0.1, 0.15) is 5.58 Å². The topological polar surface area (TPSA) is 68.5 Å². The van der Waals surface area contributed by atoms with Gasteiger partial charge in [0, 0.05) is 17.0 Å². The van der Waals surface area contributed by atoms with Gasteiger partial charge in [-0.2, -0.15) is 0 Å². The Labute approximate surface area is 151 Å². The lowest BCUT2D eigenvalue weighted by Crippen LogP contribution is -2.37. The van der Waals surface area contributed by atoms with Gasteiger partial charge >= 0.3 is 5.97 Å². The molecule has 1 heterocycles. The van der Waals surface area contributed by atoms with Crippen molar-refractivity contribution in [3.63, 3.8) is 0 Å². The third kappa shape index (κ3) is 3.43. The smallest absolute Gasteiger partial charge is 0.310 e. The predicted molar refractivity (Wildman–Crippen MR) is 98.7 cm³/mol. The zero-order valence-corrected chi connectivity index (χ0v) is 14.7. The third-order valence-electron chi connectivity index (χ3n) is 4.96. The molecule has 0 aliphatic heterocycles. The molecule has 5 heteroatoms. The number of esters is 1. The highest BCUT2D eigenvalue weighted by Gasteiger charge is 2.29. The molecule has 134 valence electrons. The predicted octanol–water partition coefficient (Wildman–Crippen LogP) is 3.59. The summed E-state index contributed by atoms with van der Waals surface area (Å²) in [5, 5.41) is 5.93. The summed E-state index contributed by atoms with van der Waals surface area (Å²) in [7, 11) is 0. The third-order valence-corrected chi connectivity index (χ3v) is 4.96. The van der Waals surface area contributed by atoms with Crippen LogP contribution < -0.4 is 5.32 Å². The Morgan fingerprint density at radius 2 is 2.04 bits per heavy atom. The van der Waals surface area contributed by atoms with Crippen LogP contribution in [0.4, 0.5) is 0 Å². The van der Waals surface area contributed by atoms with Gasteiger partial charge in [-0.1, -0.05) is 30.3 Å². The van der Waals surface area contributed by atoms with Crippen molar-refractivity contribution >= 4 is 33.6 Å². The van der Waals surface area contributed by atoms with Gasteiger partial charge in [0.15, 0.2) is 6.61 Å². The molecule has 1 aliphatic carbocycles. The van der Waals surface area contributed by atoms with E-state index in [1.165, 1.54) is 0 Å². The zero-order valence-electron chi connectivity index (χ0n) is 14.7. The number of furan rings is 1. The first-order valence-corrected chi connectivity index (χ1v) is 8.94. The highest BCUT2D eigenvalue weighted by molar-refractivity contribution is 6.08. The van der Waals surface area contributed by atoms with Crippen LogP contribution in [0.1, 0.15) is 25.3 Å². The van der Waals surface area contributed by atoms with Crippen molar-refractivity contribution in [1.29, 1.82) is 0 Å². The normalized spacial score (nSPS) is 15.1. The van der Waals surface area contributed by atoms with Crippen LogP contribution in [0.2, 0.25) is 0 Å². The molecule has 1 saturated carbocycles. The molecule has 0 radical (unpaired) electrons. The van der Waals surface area contributed by atoms with Gasteiger partial charge in [0.25, 0.3) is 5.91 Å². The molecule has 0 saturated heterocycles. The Hall–Kier alpha value is -2.82. The van der Waals surface area contributed by atoms with Crippen LogP contribution in [0.3, 0.4) is 0 Å². The van der Waals surface area contributed by atoms with Crippen LogP contribution in [-0.2, 0) is 20.7 Å². The quantitative estimate of drug-likeness (QED) is 0.689. The fraction of sp³-hybridized carbons (Fsp3) is 0.333. The molecule has 26 heavy (non-hydrogen) atoms. The number of hydrogen-bond acceptors (Lipinski definition) is 4. The Kier molecular flexibility index (Phi) is 4.37. The number of hydrogen-bond donors (Lipinski definition) is 1. The van der Waals surface area contributed by atoms with Gasteiger partial charge in [-0.05, 0) is 42.5 Å². The number of amides is 1. The SMILES string of the molecule is C[C@@H](NC(=O)COC(=O)Cc1coc2ccc3ccccc3c12)C1CC1. The van der Waals surface area contributed by atoms with E-state index < -0.39 is 5.97 Å². The zero-order chi connectivity index (χ0) is 18.1. The van der Waals surface area contributed by atoms with E-state index >= 15 is 0 Å². The largest absolute Gasteiger partial charge is 0.464 e. The van der Waals surface area contributed by atoms with Gasteiger partial charge in [-0.3, -0.25) is 9.59 Å². The first-order valence-electron chi connectivity index (χ1n) is 8.94. The molecule has 1 atom stereocenters. The second-order valence-electron chi connectivity index (χ2n) is 6.95. The van der Waals surface area contributed by atoms with Crippen molar-refractivity contribution in [3.8, 4) is 0 Å². The summed E-state index contributed by atoms with van der Waals surface area (Å²) < 4.78 is 10.7. The molecule has 1 aromatic heterocycles. The molecule has 2 aromatic carbocycles. The molecule has 4 rings (SSSR count). The number of carbonyl (C=O) groups excluding carboxylic acids is 2. The summed E-state index contributed by atoms with van der Waals surface area (Å²) in [5.74, 6) is -0.115. The Bertz CT molecular complexity index is 970. The molecule has 0 unspecified atom stereocenters. The van der Waals surface area contributed by atoms with E-state index in [1.54, 1.807) is 6.26 Å². The average Bonchev–Trinajstić information content (AvgIpc) is 3.42. The maximum absolute atomic E-state index is 12.2. The highest BCUT2D eigenvalue weighted by atomic mass is 16.5. The van der Waals surface area contributed by atoms with E-state index in [4.69, 9.17) is 9.15 Å². The molecule has 1 fully saturated rings. The van der Waals surface area contributed by atoms with Crippen LogP contribution in [0.15, 0.2) is 47.1 Å². The van der Waals surface area contributed by atoms with Crippen molar-refractivity contribution in [1.82, 2.24) is 5.32 Å². The lowest BCUT2D eigenvalue weighted by molar-refractivity contribution is -0.148. The Balaban J connectivity index is 1.42. The molecule has 0 spiro atoms. The van der Waals surface area contributed by atoms with Crippen LogP contribution in [0, 0.1) is 5.92 Å². The second-order valence-corrected chi connectivity index (χ2v) is 6.95. The molecule has 1 amide bonds. The molecule has 1 aliphatic rings. The highest BCUT2D eigenvalue weighted by Crippen LogP contribution is 2.32. The molecule has 1 N–H and O–H groups in total. The molecule has 3 aromatic rings. The van der Waals surface area contributed by atoms with Crippen molar-refractivity contribution in [2.45, 2.75) is 32.2 Å². The average molecular weight is 351 g/mol. The van der Waals surface area contributed by atoms with Crippen molar-refractivity contribution in [3.05, 3.63) is 48.2 Å². The van der Waals surface area contributed by atoms with Crippen molar-refractivity contribution in [2.75, 3.05) is 6.61 Å². The Morgan fingerprint density at radius 3 is 2.85 bits per heavy atom. The van der Waals surface area contributed by atoms with E-state index in [-0.39, 0.29) is 25.0 Å². The molecule has 0 bridgehead atoms. The molecular formula is C21H21NO4. The minimum atomic E-state index is -0.435. The van der Waals surface area contributed by atoms with Crippen LogP contribution >= 0.6 is 0 Å². The second kappa shape index (κ2) is 6.83. The molecular weight excluding hydrogens is 330 g/mol. The lowest BCUT2D eigenvalue weighted by Gasteiger charge is -2.12. The van der Waals surface area contributed by atoms with E-state index in [0.29, 0.717) is 5.92 Å². The van der Waals surface area contributed by atoms with Gasteiger partial charge in [0.05, 0.1) is 12.7 Å². The summed E-state index contributed by atoms with van der Waals surface area (Å²) in [6, 6.07) is 12.0. The summed E-state index contributed by atoms with van der Waals surface area (Å²) >= 11 is 0. The standard InChI is InChI=1S/C21H21NO4/c1-13(14-6-7-14)22-19(23)12-26-20(24)10-16-11-25-18-9-8-15-4-2-3-5-17(15)21(16)18/h2-5,8-9,11,13-14H,6-7,10,12H2,1H3,(H,22,23)/t13-/m1/s1. The van der Waals surface area contributed by atoms with Gasteiger partial charge in [-0.15, -0.1) is 0 Å². The Morgan fingerprint density at radius 1 is 1.23 bits per heavy atom. The summed E-state index contributed by atoms with van der Waals surface area (Å²) in [4.78, 5) is 24.1. The lowest BCUT2D eigenvalue weighted by atomic mass is 10.0. The summed E-state index contributed by atoms with van der Waals surface area (Å²) in [6.45, 7) is 1.74. The van der Waals surface area contributed by atoms with E-state index in [1.807, 2.05) is 43.3 Å². The maximum Gasteiger partial charge on any atom is 0.310 e. The maximum atomic E-state index is 12.2. The van der Waals surface area contributed by atoms with Crippen LogP contribution in [0.5, 0.6) is 0 Å². The number of carbonyl (C=O) groups is 2. The van der Waals surface area contributed by atoms with Crippen molar-refractivity contribution < 1.29 is 18.7 Å². The van der Waals surface area contributed by atoms with E-state index in [0.717, 1.165) is 40.1 Å². The fourth-order valence-electron chi connectivity index (χ4n) is 3.37. The number of nitrogens with one attached hydrogen (secondary N) is 1. The van der Waals surface area contributed by atoms with E-state index in [2.05, 4.69) is 5.32 Å². The number of fused-ring (bicyclic) bond motifs is 3. The van der Waals surface area contributed by atoms with Crippen LogP contribution in [0.25, 0.3) is 21.7 Å². The first-order chi connectivity index (χ1) is 12.6. The van der Waals surface area contributed by atoms with Crippen LogP contribution in [-0.4, -0.2) is 24.5 Å². The summed E-state index contributed by atoms with van der Waals surface area (Å²) in [5.41, 5.74) is 1.51. The first kappa shape index (κ1) is 16.6. The number of rotatable bonds is 6. The fourth-order valence-corrected chi connectivity index (χ4v) is 3.37. The van der Waals surface area contributed by atoms with Gasteiger partial charge < -0.3 is 14.5 Å². The number of ether oxygens (including phenoxy) is 1. The van der Waals surface area contributed by atoms with E-state index in [9.17, 15) is 9.59 Å². The van der Waals surface area contributed by atoms with Gasteiger partial charge in [-0.25, -0.2) is 0 Å².